The van der Waals surface area contributed by atoms with E-state index in [1.165, 1.54) is 106 Å². The van der Waals surface area contributed by atoms with Crippen LogP contribution in [0.25, 0.3) is 106 Å². The zero-order valence-electron chi connectivity index (χ0n) is 84.7. The Hall–Kier alpha value is -9.72. The Morgan fingerprint density at radius 2 is 0.978 bits per heavy atom. The summed E-state index contributed by atoms with van der Waals surface area (Å²) in [5, 5.41) is 4.67. The molecule has 9 aromatic carbocycles. The second-order valence-electron chi connectivity index (χ2n) is 37.4. The minimum atomic E-state index is 0. The van der Waals surface area contributed by atoms with Gasteiger partial charge >= 0.3 is 0 Å². The second-order valence-corrected chi connectivity index (χ2v) is 37.4. The third kappa shape index (κ3) is 28.8. The summed E-state index contributed by atoms with van der Waals surface area (Å²) < 4.78 is 6.19. The van der Waals surface area contributed by atoms with Crippen molar-refractivity contribution in [1.29, 1.82) is 0 Å². The molecule has 721 valence electrons. The Labute approximate surface area is 881 Å². The van der Waals surface area contributed by atoms with E-state index < -0.39 is 0 Å². The normalized spacial score (nSPS) is 11.0. The van der Waals surface area contributed by atoms with E-state index in [4.69, 9.17) is 28.1 Å². The Bertz CT molecular complexity index is 6480. The molecule has 136 heavy (non-hydrogen) atoms. The summed E-state index contributed by atoms with van der Waals surface area (Å²) in [5.41, 5.74) is 40.3. The number of unbranched alkanes of at least 4 members (excludes halogenated alkanes) is 1. The molecule has 0 spiro atoms. The minimum Gasteiger partial charge on any atom is -0.440 e. The molecule has 0 amide bonds. The predicted molar refractivity (Wildman–Crippen MR) is 546 cm³/mol. The molecule has 0 aliphatic heterocycles. The Balaban J connectivity index is 0.000000259. The summed E-state index contributed by atoms with van der Waals surface area (Å²) in [6, 6.07) is 68.8. The molecule has 0 N–H and O–H groups in total. The summed E-state index contributed by atoms with van der Waals surface area (Å²) >= 11 is 0. The van der Waals surface area contributed by atoms with E-state index in [1.807, 2.05) is 71.2 Å². The molecule has 0 bridgehead atoms. The van der Waals surface area contributed by atoms with Crippen molar-refractivity contribution in [2.24, 2.45) is 11.8 Å². The third-order valence-corrected chi connectivity index (χ3v) is 24.0. The summed E-state index contributed by atoms with van der Waals surface area (Å²) in [6.45, 7) is 75.9. The molecule has 0 saturated carbocycles. The van der Waals surface area contributed by atoms with Gasteiger partial charge in [-0.3, -0.25) is 28.6 Å². The van der Waals surface area contributed by atoms with Crippen molar-refractivity contribution in [2.45, 2.75) is 262 Å². The monoisotopic (exact) mass is 2700 g/mol. The topological polar surface area (TPSA) is 128 Å². The molecule has 6 aromatic heterocycles. The van der Waals surface area contributed by atoms with Crippen LogP contribution in [0.2, 0.25) is 0 Å². The van der Waals surface area contributed by atoms with Crippen LogP contribution in [-0.2, 0) is 126 Å². The van der Waals surface area contributed by atoms with Gasteiger partial charge in [0.2, 0.25) is 5.82 Å². The predicted octanol–water partition coefficient (Wildman–Crippen LogP) is 31.0. The quantitative estimate of drug-likeness (QED) is 0.0579. The van der Waals surface area contributed by atoms with Gasteiger partial charge in [0, 0.05) is 119 Å². The van der Waals surface area contributed by atoms with Gasteiger partial charge in [-0.25, -0.2) is 4.98 Å². The first-order chi connectivity index (χ1) is 62.5. The van der Waals surface area contributed by atoms with Crippen molar-refractivity contribution < 1.29 is 101 Å². The average molecular weight is 2700 g/mol. The maximum absolute atomic E-state index is 7.82. The summed E-state index contributed by atoms with van der Waals surface area (Å²) in [6.07, 6.45) is 14.7. The molecule has 0 aliphatic rings. The van der Waals surface area contributed by atoms with Gasteiger partial charge < -0.3 is 24.8 Å². The van der Waals surface area contributed by atoms with Gasteiger partial charge in [-0.05, 0) is 258 Å². The van der Waals surface area contributed by atoms with Crippen LogP contribution in [-0.4, -0.2) is 48.8 Å². The van der Waals surface area contributed by atoms with Crippen LogP contribution >= 0.6 is 0 Å². The first-order valence-electron chi connectivity index (χ1n) is 46.9. The molecule has 5 radical (unpaired) electrons. The molecule has 15 aromatic rings. The second kappa shape index (κ2) is 52.9. The molecule has 15 rings (SSSR count). The fourth-order valence-electron chi connectivity index (χ4n) is 17.9. The maximum Gasteiger partial charge on any atom is 0.248 e. The number of nitrogens with zero attached hydrogens (tertiary/aromatic N) is 13. The van der Waals surface area contributed by atoms with Gasteiger partial charge in [-0.2, -0.15) is 5.10 Å². The summed E-state index contributed by atoms with van der Waals surface area (Å²) in [5.74, 6) is 7.50. The molecule has 6 heterocycles. The maximum atomic E-state index is 7.82. The number of benzene rings is 9. The van der Waals surface area contributed by atoms with Gasteiger partial charge in [0.25, 0.3) is 0 Å². The molecule has 18 heteroatoms. The van der Waals surface area contributed by atoms with Crippen molar-refractivity contribution in [2.75, 3.05) is 0 Å². The van der Waals surface area contributed by atoms with Crippen molar-refractivity contribution in [3.05, 3.63) is 353 Å². The first kappa shape index (κ1) is 115. The fourth-order valence-corrected chi connectivity index (χ4v) is 17.9. The van der Waals surface area contributed by atoms with Crippen LogP contribution in [0.4, 0.5) is 11.5 Å². The average Bonchev–Trinajstić information content (AvgIpc) is 1.63. The van der Waals surface area contributed by atoms with E-state index in [1.54, 1.807) is 0 Å². The molecule has 0 fully saturated rings. The van der Waals surface area contributed by atoms with Crippen molar-refractivity contribution >= 4 is 11.5 Å². The zero-order chi connectivity index (χ0) is 94.9. The van der Waals surface area contributed by atoms with Crippen LogP contribution in [0.3, 0.4) is 0 Å². The van der Waals surface area contributed by atoms with Crippen molar-refractivity contribution in [3.8, 4) is 96.3 Å². The van der Waals surface area contributed by atoms with Gasteiger partial charge in [-0.15, -0.1) is 130 Å². The van der Waals surface area contributed by atoms with Crippen LogP contribution in [0.15, 0.2) is 183 Å². The SMILES string of the molecule is CCc1c[c-]c(-c2cc(-c3c(C(C)C)cccc3C(C)C)ccn2)cc1C.Cc1cc(C)c(-n2cc(CC(C)C)nc2-c2ncc(CC(C)C)[n-]2)c(C)c1.Cc1cc(C)c(-n2nc(C)nc2-c2[c-]c(C(C)C)ccc2)c(C)c1.[C-]#[N+]c1c(CCCC)nc(-c2[c-]cccc2)n1-c1c(C)cc(C)cc1C.[C-]#[N+]c1cc(-c2cc(-c3c(C)cc(C)cc3C)ccn2)[c-]c(C(C)CC)c1.[Ir].[Ir].[Ir].[Ir].[Ir]. The Kier molecular flexibility index (Phi) is 44.7. The van der Waals surface area contributed by atoms with Gasteiger partial charge in [0.1, 0.15) is 28.8 Å². The van der Waals surface area contributed by atoms with E-state index in [2.05, 4.69) is 378 Å². The number of aromatic nitrogens is 11. The molecule has 0 aliphatic carbocycles. The van der Waals surface area contributed by atoms with Gasteiger partial charge in [-0.1, -0.05) is 248 Å². The van der Waals surface area contributed by atoms with Gasteiger partial charge in [0.05, 0.1) is 35.2 Å². The van der Waals surface area contributed by atoms with Crippen molar-refractivity contribution in [3.63, 3.8) is 0 Å². The van der Waals surface area contributed by atoms with Crippen LogP contribution in [0.1, 0.15) is 263 Å². The number of pyridine rings is 2. The Morgan fingerprint density at radius 3 is 1.49 bits per heavy atom. The molecule has 1 unspecified atom stereocenters. The first-order valence-corrected chi connectivity index (χ1v) is 46.9. The number of aryl methyl sites for hydroxylation is 16. The van der Waals surface area contributed by atoms with Crippen LogP contribution in [0.5, 0.6) is 0 Å². The van der Waals surface area contributed by atoms with E-state index in [0.717, 1.165) is 158 Å². The van der Waals surface area contributed by atoms with Gasteiger partial charge in [0.15, 0.2) is 0 Å². The van der Waals surface area contributed by atoms with E-state index >= 15 is 0 Å². The number of hydrogen-bond donors (Lipinski definition) is 0. The minimum absolute atomic E-state index is 0. The Morgan fingerprint density at radius 1 is 0.449 bits per heavy atom. The molecular formula is C118H134Ir5N13-5. The third-order valence-electron chi connectivity index (χ3n) is 24.0. The number of rotatable bonds is 23. The summed E-state index contributed by atoms with van der Waals surface area (Å²) in [7, 11) is 0. The number of imidazole rings is 3. The van der Waals surface area contributed by atoms with Crippen LogP contribution < -0.4 is 4.98 Å². The number of hydrogen-bond acceptors (Lipinski definition) is 7. The molecule has 1 atom stereocenters. The molecule has 13 nitrogen and oxygen atoms in total. The largest absolute Gasteiger partial charge is 0.440 e. The van der Waals surface area contributed by atoms with E-state index in [0.29, 0.717) is 47.0 Å². The van der Waals surface area contributed by atoms with E-state index in [9.17, 15) is 0 Å². The standard InChI is InChI=1S/C26H30N.C25H25N2.C23H31N4.C23H24N3.C21H24N3.5Ir/c1-7-20-11-12-21(15-19(20)6)25-16-22(13-14-27-25)26-23(17(2)3)9-8-10-24(26)18(4)5;1-7-17(3)21-12-22(14-23(13-21)26-6)24-15-20(8-9-27-24)25-18(4)10-16(2)11-19(25)5;1-14(2)8-19-12-24-22(25-19)23-26-20(9-15(3)4)13-27(23)21-17(6)10-16(5)11-18(21)7;1-6-7-13-20-23(24-5)26(21-17(3)14-16(2)15-18(21)4)22(25-20)19-11-9-8-10-12-19;1-13(2)18-8-7-9-19(12-18)21-22-17(6)23-24(21)20-15(4)10-14(3)11-16(20)5;;;;;/h8-11,13-18H,7H2,1-6H3;8-11,13-15,17H,7H2,1-5H3;10-15H,8-9H2,1-7H3;8-11,14-15H,6-7,13H2,1-4H3;7-11,13H,1-6H3;;;;;/q5*-1;;;;;. The molecule has 0 saturated heterocycles. The van der Waals surface area contributed by atoms with Crippen molar-refractivity contribution in [1.82, 2.24) is 53.8 Å². The zero-order valence-corrected chi connectivity index (χ0v) is 96.7. The van der Waals surface area contributed by atoms with E-state index in [-0.39, 0.29) is 101 Å². The smallest absolute Gasteiger partial charge is 0.248 e. The van der Waals surface area contributed by atoms with Crippen LogP contribution in [0, 0.1) is 146 Å². The fraction of sp³-hybridized carbons (Fsp3) is 0.347. The summed E-state index contributed by atoms with van der Waals surface area (Å²) in [4.78, 5) is 40.7. The molecular weight excluding hydrogens is 2560 g/mol.